The van der Waals surface area contributed by atoms with Crippen LogP contribution in [0.25, 0.3) is 0 Å². The molecule has 1 saturated heterocycles. The lowest BCUT2D eigenvalue weighted by Gasteiger charge is -2.32. The van der Waals surface area contributed by atoms with Crippen LogP contribution in [0.15, 0.2) is 6.07 Å². The zero-order valence-corrected chi connectivity index (χ0v) is 14.0. The Balaban J connectivity index is 1.55. The number of hydrogen-bond donors (Lipinski definition) is 1. The van der Waals surface area contributed by atoms with E-state index < -0.39 is 0 Å². The SMILES string of the molecule is Cc1cc(C2CN(C(=O)c3n[nH]c4c3CCC4)CCO2)nc(C)n1. The number of hydrogen-bond acceptors (Lipinski definition) is 5. The standard InChI is InChI=1S/C17H21N5O2/c1-10-8-14(19-11(2)18-10)15-9-22(6-7-24-15)17(23)16-12-4-3-5-13(12)20-21-16/h8,15H,3-7,9H2,1-2H3,(H,20,21). The van der Waals surface area contributed by atoms with Gasteiger partial charge in [0.25, 0.3) is 5.91 Å². The average Bonchev–Trinajstić information content (AvgIpc) is 3.16. The first kappa shape index (κ1) is 15.3. The minimum atomic E-state index is -0.213. The van der Waals surface area contributed by atoms with Gasteiger partial charge in [0.05, 0.1) is 18.8 Å². The molecule has 7 heteroatoms. The number of ether oxygens (including phenoxy) is 1. The Kier molecular flexibility index (Phi) is 3.80. The lowest BCUT2D eigenvalue weighted by molar-refractivity contribution is -0.0251. The summed E-state index contributed by atoms with van der Waals surface area (Å²) in [6.45, 7) is 5.40. The van der Waals surface area contributed by atoms with Crippen molar-refractivity contribution < 1.29 is 9.53 Å². The zero-order chi connectivity index (χ0) is 16.7. The molecule has 1 amide bonds. The molecule has 0 bridgehead atoms. The van der Waals surface area contributed by atoms with E-state index in [1.54, 1.807) is 0 Å². The van der Waals surface area contributed by atoms with Gasteiger partial charge in [-0.15, -0.1) is 0 Å². The number of H-pyrrole nitrogens is 1. The lowest BCUT2D eigenvalue weighted by atomic mass is 10.1. The van der Waals surface area contributed by atoms with Crippen LogP contribution in [-0.4, -0.2) is 50.7 Å². The van der Waals surface area contributed by atoms with E-state index >= 15 is 0 Å². The van der Waals surface area contributed by atoms with Gasteiger partial charge in [-0.3, -0.25) is 9.89 Å². The largest absolute Gasteiger partial charge is 0.368 e. The van der Waals surface area contributed by atoms with E-state index in [0.717, 1.165) is 47.7 Å². The minimum absolute atomic E-state index is 0.00907. The highest BCUT2D eigenvalue weighted by Crippen LogP contribution is 2.26. The van der Waals surface area contributed by atoms with Gasteiger partial charge in [0, 0.05) is 23.5 Å². The number of fused-ring (bicyclic) bond motifs is 1. The van der Waals surface area contributed by atoms with Gasteiger partial charge in [-0.2, -0.15) is 5.10 Å². The third-order valence-corrected chi connectivity index (χ3v) is 4.68. The molecule has 126 valence electrons. The fourth-order valence-electron chi connectivity index (χ4n) is 3.57. The summed E-state index contributed by atoms with van der Waals surface area (Å²) in [4.78, 5) is 23.5. The minimum Gasteiger partial charge on any atom is -0.368 e. The highest BCUT2D eigenvalue weighted by Gasteiger charge is 2.31. The van der Waals surface area contributed by atoms with E-state index in [1.165, 1.54) is 0 Å². The maximum Gasteiger partial charge on any atom is 0.274 e. The molecule has 2 aromatic rings. The topological polar surface area (TPSA) is 84.0 Å². The molecule has 3 heterocycles. The Labute approximate surface area is 140 Å². The second-order valence-corrected chi connectivity index (χ2v) is 6.47. The highest BCUT2D eigenvalue weighted by atomic mass is 16.5. The van der Waals surface area contributed by atoms with Crippen molar-refractivity contribution in [1.29, 1.82) is 0 Å². The van der Waals surface area contributed by atoms with Crippen LogP contribution in [0.3, 0.4) is 0 Å². The first-order chi connectivity index (χ1) is 11.6. The van der Waals surface area contributed by atoms with Crippen molar-refractivity contribution in [3.8, 4) is 0 Å². The molecule has 2 aliphatic rings. The summed E-state index contributed by atoms with van der Waals surface area (Å²) in [5, 5.41) is 7.27. The molecule has 4 rings (SSSR count). The van der Waals surface area contributed by atoms with E-state index in [-0.39, 0.29) is 12.0 Å². The molecule has 1 fully saturated rings. The van der Waals surface area contributed by atoms with E-state index in [2.05, 4.69) is 20.2 Å². The van der Waals surface area contributed by atoms with Gasteiger partial charge >= 0.3 is 0 Å². The fraction of sp³-hybridized carbons (Fsp3) is 0.529. The number of carbonyl (C=O) groups is 1. The molecule has 24 heavy (non-hydrogen) atoms. The van der Waals surface area contributed by atoms with Crippen LogP contribution in [0, 0.1) is 13.8 Å². The van der Waals surface area contributed by atoms with Crippen LogP contribution in [0.4, 0.5) is 0 Å². The Morgan fingerprint density at radius 2 is 2.21 bits per heavy atom. The van der Waals surface area contributed by atoms with Crippen molar-refractivity contribution >= 4 is 5.91 Å². The Bertz CT molecular complexity index is 765. The van der Waals surface area contributed by atoms with Crippen molar-refractivity contribution in [2.24, 2.45) is 0 Å². The van der Waals surface area contributed by atoms with Crippen LogP contribution in [-0.2, 0) is 17.6 Å². The summed E-state index contributed by atoms with van der Waals surface area (Å²) < 4.78 is 5.85. The summed E-state index contributed by atoms with van der Waals surface area (Å²) in [5.41, 5.74) is 4.54. The summed E-state index contributed by atoms with van der Waals surface area (Å²) in [5.74, 6) is 0.715. The second kappa shape index (κ2) is 5.98. The fourth-order valence-corrected chi connectivity index (χ4v) is 3.57. The normalized spacial score (nSPS) is 20.2. The number of rotatable bonds is 2. The van der Waals surface area contributed by atoms with Gasteiger partial charge in [-0.25, -0.2) is 9.97 Å². The maximum absolute atomic E-state index is 12.9. The van der Waals surface area contributed by atoms with Gasteiger partial charge in [0.1, 0.15) is 11.9 Å². The predicted molar refractivity (Wildman–Crippen MR) is 86.7 cm³/mol. The van der Waals surface area contributed by atoms with Crippen molar-refractivity contribution in [2.75, 3.05) is 19.7 Å². The number of nitrogens with one attached hydrogen (secondary N) is 1. The van der Waals surface area contributed by atoms with Gasteiger partial charge in [0.2, 0.25) is 0 Å². The number of aromatic nitrogens is 4. The molecular weight excluding hydrogens is 306 g/mol. The summed E-state index contributed by atoms with van der Waals surface area (Å²) in [6.07, 6.45) is 2.80. The number of morpholine rings is 1. The van der Waals surface area contributed by atoms with Crippen molar-refractivity contribution in [3.05, 3.63) is 40.2 Å². The second-order valence-electron chi connectivity index (χ2n) is 6.47. The first-order valence-corrected chi connectivity index (χ1v) is 8.41. The summed E-state index contributed by atoms with van der Waals surface area (Å²) >= 11 is 0. The zero-order valence-electron chi connectivity index (χ0n) is 14.0. The van der Waals surface area contributed by atoms with Gasteiger partial charge in [0.15, 0.2) is 5.69 Å². The van der Waals surface area contributed by atoms with E-state index in [4.69, 9.17) is 4.74 Å². The van der Waals surface area contributed by atoms with Crippen molar-refractivity contribution in [2.45, 2.75) is 39.2 Å². The van der Waals surface area contributed by atoms with Crippen LogP contribution >= 0.6 is 0 Å². The maximum atomic E-state index is 12.9. The summed E-state index contributed by atoms with van der Waals surface area (Å²) in [6, 6.07) is 1.93. The first-order valence-electron chi connectivity index (χ1n) is 8.41. The van der Waals surface area contributed by atoms with Crippen LogP contribution in [0.2, 0.25) is 0 Å². The molecule has 0 radical (unpaired) electrons. The van der Waals surface area contributed by atoms with Gasteiger partial charge in [-0.05, 0) is 39.2 Å². The quantitative estimate of drug-likeness (QED) is 0.904. The third kappa shape index (κ3) is 2.69. The molecule has 1 atom stereocenters. The smallest absolute Gasteiger partial charge is 0.274 e. The van der Waals surface area contributed by atoms with Gasteiger partial charge < -0.3 is 9.64 Å². The molecule has 1 aliphatic heterocycles. The molecule has 0 saturated carbocycles. The molecule has 2 aromatic heterocycles. The monoisotopic (exact) mass is 327 g/mol. The molecule has 0 spiro atoms. The highest BCUT2D eigenvalue weighted by molar-refractivity contribution is 5.94. The number of amides is 1. The molecule has 0 aromatic carbocycles. The number of aryl methyl sites for hydroxylation is 3. The van der Waals surface area contributed by atoms with Crippen molar-refractivity contribution in [3.63, 3.8) is 0 Å². The van der Waals surface area contributed by atoms with Crippen LogP contribution in [0.5, 0.6) is 0 Å². The molecule has 7 nitrogen and oxygen atoms in total. The van der Waals surface area contributed by atoms with E-state index in [0.29, 0.717) is 25.4 Å². The van der Waals surface area contributed by atoms with Crippen LogP contribution in [0.1, 0.15) is 51.5 Å². The predicted octanol–water partition coefficient (Wildman–Crippen LogP) is 1.52. The molecule has 1 N–H and O–H groups in total. The third-order valence-electron chi connectivity index (χ3n) is 4.68. The number of aromatic amines is 1. The Morgan fingerprint density at radius 3 is 3.04 bits per heavy atom. The lowest BCUT2D eigenvalue weighted by Crippen LogP contribution is -2.43. The van der Waals surface area contributed by atoms with Crippen molar-refractivity contribution in [1.82, 2.24) is 25.1 Å². The Hall–Kier alpha value is -2.28. The van der Waals surface area contributed by atoms with Crippen LogP contribution < -0.4 is 0 Å². The molecule has 1 aliphatic carbocycles. The average molecular weight is 327 g/mol. The summed E-state index contributed by atoms with van der Waals surface area (Å²) in [7, 11) is 0. The molecule has 1 unspecified atom stereocenters. The molecular formula is C17H21N5O2. The van der Waals surface area contributed by atoms with E-state index in [9.17, 15) is 4.79 Å². The van der Waals surface area contributed by atoms with Gasteiger partial charge in [-0.1, -0.05) is 0 Å². The number of nitrogens with zero attached hydrogens (tertiary/aromatic N) is 4. The van der Waals surface area contributed by atoms with E-state index in [1.807, 2.05) is 24.8 Å². The Morgan fingerprint density at radius 1 is 1.33 bits per heavy atom. The number of carbonyl (C=O) groups excluding carboxylic acids is 1.